The van der Waals surface area contributed by atoms with Gasteiger partial charge >= 0.3 is 6.03 Å². The molecule has 0 aliphatic carbocycles. The maximum absolute atomic E-state index is 12.6. The molecule has 3 amide bonds. The van der Waals surface area contributed by atoms with Crippen LogP contribution in [0.3, 0.4) is 0 Å². The molecule has 2 rings (SSSR count). The SMILES string of the molecule is CC(C)(C)CC1CNC(=O)N(c2ccc(Cl)c(Cl)c2)C1=O. The van der Waals surface area contributed by atoms with Crippen molar-refractivity contribution in [1.82, 2.24) is 5.32 Å². The molecule has 21 heavy (non-hydrogen) atoms. The number of imide groups is 1. The number of halogens is 2. The number of urea groups is 1. The molecule has 1 aromatic carbocycles. The van der Waals surface area contributed by atoms with Crippen molar-refractivity contribution in [2.45, 2.75) is 27.2 Å². The second kappa shape index (κ2) is 5.85. The molecule has 1 atom stereocenters. The van der Waals surface area contributed by atoms with E-state index in [9.17, 15) is 9.59 Å². The lowest BCUT2D eigenvalue weighted by Crippen LogP contribution is -2.55. The molecule has 1 aliphatic heterocycles. The predicted octanol–water partition coefficient (Wildman–Crippen LogP) is 4.10. The highest BCUT2D eigenvalue weighted by Gasteiger charge is 2.37. The molecule has 1 saturated heterocycles. The average molecular weight is 329 g/mol. The van der Waals surface area contributed by atoms with E-state index in [1.165, 1.54) is 6.07 Å². The van der Waals surface area contributed by atoms with E-state index in [0.29, 0.717) is 28.7 Å². The van der Waals surface area contributed by atoms with Crippen LogP contribution in [0.15, 0.2) is 18.2 Å². The quantitative estimate of drug-likeness (QED) is 0.888. The van der Waals surface area contributed by atoms with E-state index in [1.54, 1.807) is 12.1 Å². The van der Waals surface area contributed by atoms with Crippen LogP contribution in [0.1, 0.15) is 27.2 Å². The highest BCUT2D eigenvalue weighted by atomic mass is 35.5. The van der Waals surface area contributed by atoms with Crippen LogP contribution in [0.2, 0.25) is 10.0 Å². The molecule has 1 N–H and O–H groups in total. The molecule has 0 radical (unpaired) electrons. The lowest BCUT2D eigenvalue weighted by atomic mass is 9.83. The van der Waals surface area contributed by atoms with Crippen LogP contribution in [0, 0.1) is 11.3 Å². The highest BCUT2D eigenvalue weighted by Crippen LogP contribution is 2.31. The maximum atomic E-state index is 12.6. The molecule has 1 aromatic rings. The van der Waals surface area contributed by atoms with Gasteiger partial charge in [0, 0.05) is 6.54 Å². The van der Waals surface area contributed by atoms with Crippen molar-refractivity contribution in [2.75, 3.05) is 11.4 Å². The molecule has 6 heteroatoms. The standard InChI is InChI=1S/C15H18Cl2N2O2/c1-15(2,3)7-9-8-18-14(21)19(13(9)20)10-4-5-11(16)12(17)6-10/h4-6,9H,7-8H2,1-3H3,(H,18,21). The molecule has 0 bridgehead atoms. The Balaban J connectivity index is 2.29. The van der Waals surface area contributed by atoms with Gasteiger partial charge in [-0.1, -0.05) is 44.0 Å². The Labute approximate surface area is 134 Å². The first-order valence-electron chi connectivity index (χ1n) is 6.76. The molecule has 1 fully saturated rings. The summed E-state index contributed by atoms with van der Waals surface area (Å²) in [5.74, 6) is -0.441. The van der Waals surface area contributed by atoms with Crippen molar-refractivity contribution < 1.29 is 9.59 Å². The number of nitrogens with one attached hydrogen (secondary N) is 1. The zero-order chi connectivity index (χ0) is 15.8. The van der Waals surface area contributed by atoms with E-state index >= 15 is 0 Å². The summed E-state index contributed by atoms with van der Waals surface area (Å²) in [5.41, 5.74) is 0.441. The van der Waals surface area contributed by atoms with Gasteiger partial charge < -0.3 is 5.32 Å². The summed E-state index contributed by atoms with van der Waals surface area (Å²) in [6.07, 6.45) is 0.698. The normalized spacial score (nSPS) is 19.7. The van der Waals surface area contributed by atoms with Gasteiger partial charge in [0.15, 0.2) is 0 Å². The van der Waals surface area contributed by atoms with E-state index < -0.39 is 6.03 Å². The largest absolute Gasteiger partial charge is 0.337 e. The zero-order valence-electron chi connectivity index (χ0n) is 12.2. The third kappa shape index (κ3) is 3.69. The number of carbonyl (C=O) groups is 2. The molecular weight excluding hydrogens is 311 g/mol. The fraction of sp³-hybridized carbons (Fsp3) is 0.467. The van der Waals surface area contributed by atoms with E-state index in [1.807, 2.05) is 0 Å². The molecular formula is C15H18Cl2N2O2. The number of anilines is 1. The first-order chi connectivity index (χ1) is 9.69. The van der Waals surface area contributed by atoms with Gasteiger partial charge in [0.2, 0.25) is 5.91 Å². The van der Waals surface area contributed by atoms with Gasteiger partial charge in [-0.3, -0.25) is 4.79 Å². The van der Waals surface area contributed by atoms with Crippen molar-refractivity contribution in [3.05, 3.63) is 28.2 Å². The van der Waals surface area contributed by atoms with Crippen molar-refractivity contribution in [3.8, 4) is 0 Å². The van der Waals surface area contributed by atoms with Crippen LogP contribution in [0.5, 0.6) is 0 Å². The molecule has 0 aromatic heterocycles. The van der Waals surface area contributed by atoms with E-state index in [4.69, 9.17) is 23.2 Å². The molecule has 114 valence electrons. The fourth-order valence-corrected chi connectivity index (χ4v) is 2.72. The minimum absolute atomic E-state index is 0.00566. The highest BCUT2D eigenvalue weighted by molar-refractivity contribution is 6.42. The van der Waals surface area contributed by atoms with Crippen LogP contribution in [-0.2, 0) is 4.79 Å². The van der Waals surface area contributed by atoms with Crippen molar-refractivity contribution >= 4 is 40.8 Å². The Bertz CT molecular complexity index is 582. The first kappa shape index (κ1) is 16.1. The average Bonchev–Trinajstić information content (AvgIpc) is 2.36. The third-order valence-corrected chi connectivity index (χ3v) is 4.03. The fourth-order valence-electron chi connectivity index (χ4n) is 2.43. The Morgan fingerprint density at radius 1 is 1.24 bits per heavy atom. The Kier molecular flexibility index (Phi) is 4.49. The van der Waals surface area contributed by atoms with Gasteiger partial charge in [0.25, 0.3) is 0 Å². The van der Waals surface area contributed by atoms with Gasteiger partial charge in [-0.15, -0.1) is 0 Å². The van der Waals surface area contributed by atoms with Gasteiger partial charge in [-0.05, 0) is 30.0 Å². The number of rotatable bonds is 2. The van der Waals surface area contributed by atoms with E-state index in [-0.39, 0.29) is 17.2 Å². The Morgan fingerprint density at radius 3 is 2.48 bits per heavy atom. The van der Waals surface area contributed by atoms with Gasteiger partial charge in [0.1, 0.15) is 0 Å². The minimum atomic E-state index is -0.427. The predicted molar refractivity (Wildman–Crippen MR) is 84.9 cm³/mol. The number of benzene rings is 1. The summed E-state index contributed by atoms with van der Waals surface area (Å²) in [6.45, 7) is 6.58. The van der Waals surface area contributed by atoms with Gasteiger partial charge in [-0.2, -0.15) is 0 Å². The lowest BCUT2D eigenvalue weighted by molar-refractivity contribution is -0.123. The number of amides is 3. The monoisotopic (exact) mass is 328 g/mol. The van der Waals surface area contributed by atoms with Crippen molar-refractivity contribution in [3.63, 3.8) is 0 Å². The maximum Gasteiger partial charge on any atom is 0.328 e. The van der Waals surface area contributed by atoms with E-state index in [0.717, 1.165) is 4.90 Å². The molecule has 1 aliphatic rings. The second-order valence-electron chi connectivity index (χ2n) is 6.42. The summed E-state index contributed by atoms with van der Waals surface area (Å²) in [6, 6.07) is 4.29. The van der Waals surface area contributed by atoms with E-state index in [2.05, 4.69) is 26.1 Å². The van der Waals surface area contributed by atoms with Crippen LogP contribution in [0.25, 0.3) is 0 Å². The summed E-state index contributed by atoms with van der Waals surface area (Å²) >= 11 is 11.8. The summed E-state index contributed by atoms with van der Waals surface area (Å²) < 4.78 is 0. The molecule has 1 unspecified atom stereocenters. The number of hydrogen-bond acceptors (Lipinski definition) is 2. The smallest absolute Gasteiger partial charge is 0.328 e. The molecule has 0 saturated carbocycles. The van der Waals surface area contributed by atoms with Crippen molar-refractivity contribution in [2.24, 2.45) is 11.3 Å². The van der Waals surface area contributed by atoms with Crippen LogP contribution < -0.4 is 10.2 Å². The van der Waals surface area contributed by atoms with Crippen molar-refractivity contribution in [1.29, 1.82) is 0 Å². The molecule has 4 nitrogen and oxygen atoms in total. The number of carbonyl (C=O) groups excluding carboxylic acids is 2. The topological polar surface area (TPSA) is 49.4 Å². The van der Waals surface area contributed by atoms with Gasteiger partial charge in [-0.25, -0.2) is 9.69 Å². The first-order valence-corrected chi connectivity index (χ1v) is 7.51. The van der Waals surface area contributed by atoms with Crippen LogP contribution in [-0.4, -0.2) is 18.5 Å². The second-order valence-corrected chi connectivity index (χ2v) is 7.23. The summed E-state index contributed by atoms with van der Waals surface area (Å²) in [4.78, 5) is 25.8. The zero-order valence-corrected chi connectivity index (χ0v) is 13.8. The lowest BCUT2D eigenvalue weighted by Gasteiger charge is -2.34. The van der Waals surface area contributed by atoms with Gasteiger partial charge in [0.05, 0.1) is 21.7 Å². The number of hydrogen-bond donors (Lipinski definition) is 1. The third-order valence-electron chi connectivity index (χ3n) is 3.29. The van der Waals surface area contributed by atoms with Crippen LogP contribution in [0.4, 0.5) is 10.5 Å². The Hall–Kier alpha value is -1.26. The summed E-state index contributed by atoms with van der Waals surface area (Å²) in [5, 5.41) is 3.46. The number of nitrogens with zero attached hydrogens (tertiary/aromatic N) is 1. The molecule has 0 spiro atoms. The summed E-state index contributed by atoms with van der Waals surface area (Å²) in [7, 11) is 0. The Morgan fingerprint density at radius 2 is 1.90 bits per heavy atom. The van der Waals surface area contributed by atoms with Crippen LogP contribution >= 0.6 is 23.2 Å². The minimum Gasteiger partial charge on any atom is -0.337 e. The molecule has 1 heterocycles.